The van der Waals surface area contributed by atoms with Crippen LogP contribution in [-0.4, -0.2) is 12.6 Å². The maximum absolute atomic E-state index is 11.4. The highest BCUT2D eigenvalue weighted by Gasteiger charge is 2.14. The van der Waals surface area contributed by atoms with Crippen molar-refractivity contribution in [1.82, 2.24) is 0 Å². The zero-order chi connectivity index (χ0) is 10.8. The molecule has 0 aliphatic carbocycles. The molecule has 0 saturated heterocycles. The van der Waals surface area contributed by atoms with Crippen molar-refractivity contribution in [3.05, 3.63) is 35.0 Å². The number of carbonyl (C=O) groups is 1. The van der Waals surface area contributed by atoms with Crippen LogP contribution in [0.4, 0.5) is 0 Å². The topological polar surface area (TPSA) is 39.4 Å². The van der Waals surface area contributed by atoms with Crippen molar-refractivity contribution < 1.29 is 13.9 Å². The fraction of sp³-hybridized carbons (Fsp3) is 0.182. The minimum Gasteiger partial charge on any atom is -0.460 e. The molecule has 2 aromatic rings. The molecule has 0 spiro atoms. The maximum Gasteiger partial charge on any atom is 0.374 e. The molecule has 1 aromatic heterocycles. The van der Waals surface area contributed by atoms with E-state index in [1.54, 1.807) is 31.2 Å². The van der Waals surface area contributed by atoms with E-state index in [0.717, 1.165) is 5.39 Å². The highest BCUT2D eigenvalue weighted by atomic mass is 35.5. The Morgan fingerprint density at radius 1 is 1.53 bits per heavy atom. The number of fused-ring (bicyclic) bond motifs is 1. The van der Waals surface area contributed by atoms with Crippen LogP contribution in [-0.2, 0) is 4.74 Å². The van der Waals surface area contributed by atoms with Gasteiger partial charge in [0.1, 0.15) is 5.58 Å². The average Bonchev–Trinajstić information content (AvgIpc) is 2.63. The van der Waals surface area contributed by atoms with Crippen molar-refractivity contribution in [3.63, 3.8) is 0 Å². The lowest BCUT2D eigenvalue weighted by Gasteiger charge is -1.95. The van der Waals surface area contributed by atoms with Crippen LogP contribution in [0.2, 0.25) is 5.02 Å². The van der Waals surface area contributed by atoms with Crippen LogP contribution in [0.5, 0.6) is 0 Å². The molecule has 0 amide bonds. The van der Waals surface area contributed by atoms with E-state index in [2.05, 4.69) is 0 Å². The van der Waals surface area contributed by atoms with Crippen LogP contribution >= 0.6 is 11.6 Å². The number of hydrogen-bond donors (Lipinski definition) is 0. The van der Waals surface area contributed by atoms with Crippen molar-refractivity contribution in [1.29, 1.82) is 0 Å². The number of hydrogen-bond acceptors (Lipinski definition) is 3. The SMILES string of the molecule is CCOC(=O)c1cc2c(Cl)cccc2o1. The lowest BCUT2D eigenvalue weighted by molar-refractivity contribution is 0.0492. The van der Waals surface area contributed by atoms with Crippen LogP contribution in [0.1, 0.15) is 17.5 Å². The van der Waals surface area contributed by atoms with Crippen molar-refractivity contribution in [2.24, 2.45) is 0 Å². The third-order valence-corrected chi connectivity index (χ3v) is 2.31. The van der Waals surface area contributed by atoms with Gasteiger partial charge in [-0.3, -0.25) is 0 Å². The van der Waals surface area contributed by atoms with Crippen molar-refractivity contribution >= 4 is 28.5 Å². The first-order chi connectivity index (χ1) is 7.22. The zero-order valence-electron chi connectivity index (χ0n) is 8.12. The zero-order valence-corrected chi connectivity index (χ0v) is 8.88. The van der Waals surface area contributed by atoms with Gasteiger partial charge >= 0.3 is 5.97 Å². The summed E-state index contributed by atoms with van der Waals surface area (Å²) in [5.41, 5.74) is 0.588. The van der Waals surface area contributed by atoms with Gasteiger partial charge in [0, 0.05) is 11.5 Å². The second-order valence-electron chi connectivity index (χ2n) is 2.98. The summed E-state index contributed by atoms with van der Waals surface area (Å²) < 4.78 is 10.1. The van der Waals surface area contributed by atoms with Crippen LogP contribution in [0.15, 0.2) is 28.7 Å². The number of benzene rings is 1. The first-order valence-electron chi connectivity index (χ1n) is 4.57. The minimum absolute atomic E-state index is 0.181. The summed E-state index contributed by atoms with van der Waals surface area (Å²) in [4.78, 5) is 11.4. The summed E-state index contributed by atoms with van der Waals surface area (Å²) in [6.45, 7) is 2.07. The van der Waals surface area contributed by atoms with Crippen molar-refractivity contribution in [2.75, 3.05) is 6.61 Å². The van der Waals surface area contributed by atoms with Gasteiger partial charge in [0.05, 0.1) is 11.6 Å². The van der Waals surface area contributed by atoms with Gasteiger partial charge in [-0.25, -0.2) is 4.79 Å². The molecule has 3 nitrogen and oxygen atoms in total. The Hall–Kier alpha value is -1.48. The molecule has 0 aliphatic heterocycles. The quantitative estimate of drug-likeness (QED) is 0.735. The van der Waals surface area contributed by atoms with E-state index >= 15 is 0 Å². The number of ether oxygens (including phenoxy) is 1. The van der Waals surface area contributed by atoms with Crippen LogP contribution < -0.4 is 0 Å². The van der Waals surface area contributed by atoms with E-state index < -0.39 is 5.97 Å². The third kappa shape index (κ3) is 1.83. The Balaban J connectivity index is 2.47. The highest BCUT2D eigenvalue weighted by molar-refractivity contribution is 6.35. The third-order valence-electron chi connectivity index (χ3n) is 1.98. The second kappa shape index (κ2) is 3.95. The van der Waals surface area contributed by atoms with Gasteiger partial charge in [-0.05, 0) is 19.1 Å². The molecule has 15 heavy (non-hydrogen) atoms. The number of rotatable bonds is 2. The fourth-order valence-corrected chi connectivity index (χ4v) is 1.55. The van der Waals surface area contributed by atoms with Crippen molar-refractivity contribution in [3.8, 4) is 0 Å². The molecule has 4 heteroatoms. The molecule has 0 radical (unpaired) electrons. The normalized spacial score (nSPS) is 10.5. The molecule has 2 rings (SSSR count). The van der Waals surface area contributed by atoms with Gasteiger partial charge in [0.2, 0.25) is 5.76 Å². The first-order valence-corrected chi connectivity index (χ1v) is 4.95. The van der Waals surface area contributed by atoms with Gasteiger partial charge in [-0.2, -0.15) is 0 Å². The van der Waals surface area contributed by atoms with E-state index in [0.29, 0.717) is 17.2 Å². The summed E-state index contributed by atoms with van der Waals surface area (Å²) in [5, 5.41) is 1.29. The summed E-state index contributed by atoms with van der Waals surface area (Å²) in [7, 11) is 0. The number of furan rings is 1. The van der Waals surface area contributed by atoms with E-state index in [-0.39, 0.29) is 5.76 Å². The largest absolute Gasteiger partial charge is 0.460 e. The Labute approximate surface area is 91.6 Å². The molecule has 78 valence electrons. The average molecular weight is 225 g/mol. The Bertz CT molecular complexity index is 502. The number of carbonyl (C=O) groups excluding carboxylic acids is 1. The Kier molecular flexibility index (Phi) is 2.64. The molecule has 0 fully saturated rings. The summed E-state index contributed by atoms with van der Waals surface area (Å²) in [6, 6.07) is 6.86. The van der Waals surface area contributed by atoms with E-state index in [4.69, 9.17) is 20.8 Å². The predicted molar refractivity (Wildman–Crippen MR) is 57.2 cm³/mol. The van der Waals surface area contributed by atoms with Gasteiger partial charge in [-0.15, -0.1) is 0 Å². The summed E-state index contributed by atoms with van der Waals surface area (Å²) in [5.74, 6) is -0.287. The lowest BCUT2D eigenvalue weighted by Crippen LogP contribution is -2.02. The maximum atomic E-state index is 11.4. The van der Waals surface area contributed by atoms with Gasteiger partial charge in [-0.1, -0.05) is 17.7 Å². The summed E-state index contributed by atoms with van der Waals surface area (Å²) in [6.07, 6.45) is 0. The molecule has 0 unspecified atom stereocenters. The van der Waals surface area contributed by atoms with Gasteiger partial charge in [0.15, 0.2) is 0 Å². The minimum atomic E-state index is -0.468. The number of esters is 1. The van der Waals surface area contributed by atoms with Gasteiger partial charge < -0.3 is 9.15 Å². The monoisotopic (exact) mass is 224 g/mol. The molecule has 0 saturated carbocycles. The highest BCUT2D eigenvalue weighted by Crippen LogP contribution is 2.26. The second-order valence-corrected chi connectivity index (χ2v) is 3.39. The van der Waals surface area contributed by atoms with Gasteiger partial charge in [0.25, 0.3) is 0 Å². The first kappa shape index (κ1) is 10.1. The van der Waals surface area contributed by atoms with E-state index in [1.165, 1.54) is 0 Å². The molecular formula is C11H9ClO3. The molecule has 1 heterocycles. The molecule has 1 aromatic carbocycles. The standard InChI is InChI=1S/C11H9ClO3/c1-2-14-11(13)10-6-7-8(12)4-3-5-9(7)15-10/h3-6H,2H2,1H3. The molecular weight excluding hydrogens is 216 g/mol. The molecule has 0 aliphatic rings. The van der Waals surface area contributed by atoms with Crippen LogP contribution in [0.25, 0.3) is 11.0 Å². The summed E-state index contributed by atoms with van der Waals surface area (Å²) >= 11 is 5.94. The van der Waals surface area contributed by atoms with Crippen LogP contribution in [0, 0.1) is 0 Å². The Morgan fingerprint density at radius 2 is 2.33 bits per heavy atom. The van der Waals surface area contributed by atoms with Crippen molar-refractivity contribution in [2.45, 2.75) is 6.92 Å². The Morgan fingerprint density at radius 3 is 3.00 bits per heavy atom. The number of halogens is 1. The smallest absolute Gasteiger partial charge is 0.374 e. The lowest BCUT2D eigenvalue weighted by atomic mass is 10.2. The predicted octanol–water partition coefficient (Wildman–Crippen LogP) is 3.26. The fourth-order valence-electron chi connectivity index (χ4n) is 1.33. The molecule has 0 atom stereocenters. The molecule has 0 bridgehead atoms. The van der Waals surface area contributed by atoms with E-state index in [9.17, 15) is 4.79 Å². The van der Waals surface area contributed by atoms with Crippen LogP contribution in [0.3, 0.4) is 0 Å². The van der Waals surface area contributed by atoms with E-state index in [1.807, 2.05) is 0 Å². The molecule has 0 N–H and O–H groups in total.